The van der Waals surface area contributed by atoms with Crippen molar-refractivity contribution in [2.24, 2.45) is 0 Å². The lowest BCUT2D eigenvalue weighted by molar-refractivity contribution is -0.291. The normalized spacial score (nSPS) is 13.0. The van der Waals surface area contributed by atoms with Crippen LogP contribution in [0.5, 0.6) is 0 Å². The van der Waals surface area contributed by atoms with Gasteiger partial charge in [-0.3, -0.25) is 4.98 Å². The zero-order valence-corrected chi connectivity index (χ0v) is 7.90. The summed E-state index contributed by atoms with van der Waals surface area (Å²) in [5, 5.41) is 0. The predicted octanol–water partition coefficient (Wildman–Crippen LogP) is 2.89. The Kier molecular flexibility index (Phi) is 2.75. The molecule has 2 nitrogen and oxygen atoms in total. The van der Waals surface area contributed by atoms with E-state index in [4.69, 9.17) is 0 Å². The fourth-order valence-corrected chi connectivity index (χ4v) is 0.824. The van der Waals surface area contributed by atoms with Gasteiger partial charge in [0.2, 0.25) is 0 Å². The molecule has 0 aromatic carbocycles. The molecule has 0 aliphatic heterocycles. The monoisotopic (exact) mass is 276 g/mol. The van der Waals surface area contributed by atoms with Gasteiger partial charge >= 0.3 is 12.1 Å². The van der Waals surface area contributed by atoms with E-state index in [1.165, 1.54) is 0 Å². The molecule has 0 spiro atoms. The Balaban J connectivity index is 3.10. The molecule has 1 aromatic rings. The van der Waals surface area contributed by atoms with E-state index in [1.54, 1.807) is 0 Å². The second-order valence-electron chi connectivity index (χ2n) is 2.30. The first-order chi connectivity index (χ1) is 6.25. The molecule has 14 heavy (non-hydrogen) atoms. The maximum absolute atomic E-state index is 12.6. The Morgan fingerprint density at radius 3 is 1.93 bits per heavy atom. The summed E-state index contributed by atoms with van der Waals surface area (Å²) in [5.74, 6) is -4.97. The van der Waals surface area contributed by atoms with Crippen molar-refractivity contribution in [2.75, 3.05) is 0 Å². The van der Waals surface area contributed by atoms with Crippen LogP contribution in [0.3, 0.4) is 0 Å². The highest BCUT2D eigenvalue weighted by atomic mass is 79.9. The zero-order chi connectivity index (χ0) is 11.0. The van der Waals surface area contributed by atoms with E-state index in [-0.39, 0.29) is 4.60 Å². The molecule has 0 N–H and O–H groups in total. The molecule has 0 radical (unpaired) electrons. The lowest BCUT2D eigenvalue weighted by atomic mass is 10.2. The molecule has 1 aromatic heterocycles. The van der Waals surface area contributed by atoms with E-state index in [0.717, 1.165) is 6.20 Å². The van der Waals surface area contributed by atoms with E-state index in [0.29, 0.717) is 6.20 Å². The number of alkyl halides is 5. The van der Waals surface area contributed by atoms with E-state index in [1.807, 2.05) is 0 Å². The largest absolute Gasteiger partial charge is 0.459 e. The highest BCUT2D eigenvalue weighted by Crippen LogP contribution is 2.42. The third kappa shape index (κ3) is 1.99. The average molecular weight is 277 g/mol. The minimum Gasteiger partial charge on any atom is -0.250 e. The molecule has 0 amide bonds. The van der Waals surface area contributed by atoms with Crippen molar-refractivity contribution in [3.05, 3.63) is 22.7 Å². The number of hydrogen-bond donors (Lipinski definition) is 0. The molecule has 0 aliphatic carbocycles. The third-order valence-electron chi connectivity index (χ3n) is 1.30. The van der Waals surface area contributed by atoms with Crippen LogP contribution in [0.15, 0.2) is 17.0 Å². The summed E-state index contributed by atoms with van der Waals surface area (Å²) >= 11 is 2.76. The molecular weight excluding hydrogens is 275 g/mol. The van der Waals surface area contributed by atoms with Crippen LogP contribution in [0.1, 0.15) is 5.69 Å². The van der Waals surface area contributed by atoms with Crippen molar-refractivity contribution in [1.82, 2.24) is 9.97 Å². The van der Waals surface area contributed by atoms with Gasteiger partial charge in [-0.05, 0) is 15.9 Å². The van der Waals surface area contributed by atoms with Gasteiger partial charge in [0.1, 0.15) is 10.3 Å². The first-order valence-electron chi connectivity index (χ1n) is 3.17. The van der Waals surface area contributed by atoms with Crippen molar-refractivity contribution >= 4 is 15.9 Å². The summed E-state index contributed by atoms with van der Waals surface area (Å²) in [7, 11) is 0. The topological polar surface area (TPSA) is 25.8 Å². The molecular formula is C6H2BrF5N2. The van der Waals surface area contributed by atoms with E-state index in [9.17, 15) is 22.0 Å². The fourth-order valence-electron chi connectivity index (χ4n) is 0.620. The minimum absolute atomic E-state index is 0.0826. The van der Waals surface area contributed by atoms with Crippen LogP contribution in [0, 0.1) is 0 Å². The van der Waals surface area contributed by atoms with E-state index in [2.05, 4.69) is 25.9 Å². The van der Waals surface area contributed by atoms with Crippen molar-refractivity contribution < 1.29 is 22.0 Å². The fraction of sp³-hybridized carbons (Fsp3) is 0.333. The molecule has 8 heteroatoms. The molecule has 0 bridgehead atoms. The Morgan fingerprint density at radius 1 is 1.00 bits per heavy atom. The SMILES string of the molecule is FC(F)(F)C(F)(F)c1cnc(Br)cn1. The van der Waals surface area contributed by atoms with Crippen molar-refractivity contribution in [3.63, 3.8) is 0 Å². The molecule has 0 aliphatic rings. The Bertz CT molecular complexity index is 320. The van der Waals surface area contributed by atoms with Gasteiger partial charge in [-0.1, -0.05) is 0 Å². The highest BCUT2D eigenvalue weighted by Gasteiger charge is 2.60. The van der Waals surface area contributed by atoms with Crippen molar-refractivity contribution in [3.8, 4) is 0 Å². The predicted molar refractivity (Wildman–Crippen MR) is 39.7 cm³/mol. The minimum atomic E-state index is -5.66. The first-order valence-corrected chi connectivity index (χ1v) is 3.97. The number of halogens is 6. The Morgan fingerprint density at radius 2 is 1.57 bits per heavy atom. The Hall–Kier alpha value is -0.790. The summed E-state index contributed by atoms with van der Waals surface area (Å²) in [6, 6.07) is 0. The van der Waals surface area contributed by atoms with E-state index < -0.39 is 17.8 Å². The smallest absolute Gasteiger partial charge is 0.250 e. The number of aromatic nitrogens is 2. The second kappa shape index (κ2) is 3.41. The number of rotatable bonds is 1. The van der Waals surface area contributed by atoms with Crippen LogP contribution in [0.4, 0.5) is 22.0 Å². The lowest BCUT2D eigenvalue weighted by Crippen LogP contribution is -2.34. The molecule has 0 atom stereocenters. The van der Waals surface area contributed by atoms with Crippen LogP contribution in [-0.2, 0) is 5.92 Å². The van der Waals surface area contributed by atoms with Gasteiger partial charge in [0, 0.05) is 0 Å². The van der Waals surface area contributed by atoms with Gasteiger partial charge in [-0.2, -0.15) is 22.0 Å². The van der Waals surface area contributed by atoms with E-state index >= 15 is 0 Å². The van der Waals surface area contributed by atoms with Gasteiger partial charge in [0.25, 0.3) is 0 Å². The molecule has 0 fully saturated rings. The standard InChI is InChI=1S/C6H2BrF5N2/c7-4-2-13-3(1-14-4)5(8,9)6(10,11)12/h1-2H. The third-order valence-corrected chi connectivity index (χ3v) is 1.71. The number of nitrogens with zero attached hydrogens (tertiary/aromatic N) is 2. The second-order valence-corrected chi connectivity index (χ2v) is 3.11. The van der Waals surface area contributed by atoms with Gasteiger partial charge in [0.15, 0.2) is 0 Å². The summed E-state index contributed by atoms with van der Waals surface area (Å²) in [4.78, 5) is 6.17. The zero-order valence-electron chi connectivity index (χ0n) is 6.32. The van der Waals surface area contributed by atoms with Crippen LogP contribution in [0.2, 0.25) is 0 Å². The summed E-state index contributed by atoms with van der Waals surface area (Å²) in [6.07, 6.45) is -4.51. The van der Waals surface area contributed by atoms with Crippen molar-refractivity contribution in [2.45, 2.75) is 12.1 Å². The maximum Gasteiger partial charge on any atom is 0.459 e. The molecule has 0 saturated carbocycles. The molecule has 1 rings (SSSR count). The summed E-state index contributed by atoms with van der Waals surface area (Å²) in [6.45, 7) is 0. The molecule has 0 unspecified atom stereocenters. The van der Waals surface area contributed by atoms with Gasteiger partial charge < -0.3 is 0 Å². The van der Waals surface area contributed by atoms with Gasteiger partial charge in [-0.15, -0.1) is 0 Å². The maximum atomic E-state index is 12.6. The quantitative estimate of drug-likeness (QED) is 0.737. The molecule has 78 valence electrons. The first kappa shape index (κ1) is 11.3. The van der Waals surface area contributed by atoms with Crippen molar-refractivity contribution in [1.29, 1.82) is 0 Å². The molecule has 0 saturated heterocycles. The Labute approximate surface area is 83.3 Å². The van der Waals surface area contributed by atoms with Crippen LogP contribution in [-0.4, -0.2) is 16.1 Å². The number of hydrogen-bond acceptors (Lipinski definition) is 2. The lowest BCUT2D eigenvalue weighted by Gasteiger charge is -2.18. The summed E-state index contributed by atoms with van der Waals surface area (Å²) < 4.78 is 60.6. The van der Waals surface area contributed by atoms with Gasteiger partial charge in [0.05, 0.1) is 12.4 Å². The van der Waals surface area contributed by atoms with Crippen LogP contribution >= 0.6 is 15.9 Å². The highest BCUT2D eigenvalue weighted by molar-refractivity contribution is 9.10. The van der Waals surface area contributed by atoms with Crippen LogP contribution < -0.4 is 0 Å². The molecule has 1 heterocycles. The summed E-state index contributed by atoms with van der Waals surface area (Å²) in [5.41, 5.74) is -1.42. The van der Waals surface area contributed by atoms with Crippen LogP contribution in [0.25, 0.3) is 0 Å². The van der Waals surface area contributed by atoms with Gasteiger partial charge in [-0.25, -0.2) is 4.98 Å². The average Bonchev–Trinajstić information content (AvgIpc) is 2.03.